The van der Waals surface area contributed by atoms with E-state index < -0.39 is 0 Å². The molecule has 30 heavy (non-hydrogen) atoms. The van der Waals surface area contributed by atoms with Gasteiger partial charge in [-0.05, 0) is 69.2 Å². The molecule has 4 rings (SSSR count). The molecule has 6 heteroatoms. The minimum atomic E-state index is -0.310. The third-order valence-electron chi connectivity index (χ3n) is 5.61. The molecule has 1 N–H and O–H groups in total. The maximum absolute atomic E-state index is 12.9. The van der Waals surface area contributed by atoms with E-state index in [9.17, 15) is 14.4 Å². The van der Waals surface area contributed by atoms with Crippen molar-refractivity contribution in [3.63, 3.8) is 0 Å². The number of fused-ring (bicyclic) bond motifs is 1. The molecule has 0 bridgehead atoms. The second kappa shape index (κ2) is 8.14. The lowest BCUT2D eigenvalue weighted by molar-refractivity contribution is -0.122. The predicted octanol–water partition coefficient (Wildman–Crippen LogP) is 4.18. The number of anilines is 2. The normalized spacial score (nSPS) is 20.6. The zero-order valence-electron chi connectivity index (χ0n) is 17.1. The third-order valence-corrected chi connectivity index (χ3v) is 5.61. The van der Waals surface area contributed by atoms with Crippen LogP contribution in [0.3, 0.4) is 0 Å². The number of hydrogen-bond acceptors (Lipinski definition) is 4. The molecule has 1 heterocycles. The molecular formula is C24H24N2O4. The summed E-state index contributed by atoms with van der Waals surface area (Å²) in [6, 6.07) is 13.7. The Morgan fingerprint density at radius 1 is 1.10 bits per heavy atom. The average Bonchev–Trinajstić information content (AvgIpc) is 2.99. The summed E-state index contributed by atoms with van der Waals surface area (Å²) >= 11 is 0. The van der Waals surface area contributed by atoms with E-state index in [1.807, 2.05) is 19.9 Å². The summed E-state index contributed by atoms with van der Waals surface area (Å²) in [5, 5.41) is 2.83. The van der Waals surface area contributed by atoms with Gasteiger partial charge < -0.3 is 10.1 Å². The SMILES string of the molecule is CCOc1ccc(NC(=O)c2cccc(N3C(=O)[C@@H]4CC=C(C)C[C@H]4C3=O)c2)cc1. The molecule has 1 fully saturated rings. The summed E-state index contributed by atoms with van der Waals surface area (Å²) in [4.78, 5) is 39.8. The molecular weight excluding hydrogens is 380 g/mol. The van der Waals surface area contributed by atoms with Gasteiger partial charge in [-0.2, -0.15) is 0 Å². The maximum Gasteiger partial charge on any atom is 0.255 e. The Labute approximate surface area is 175 Å². The smallest absolute Gasteiger partial charge is 0.255 e. The minimum Gasteiger partial charge on any atom is -0.494 e. The quantitative estimate of drug-likeness (QED) is 0.599. The van der Waals surface area contributed by atoms with Crippen molar-refractivity contribution in [3.8, 4) is 5.75 Å². The number of nitrogens with one attached hydrogen (secondary N) is 1. The van der Waals surface area contributed by atoms with Crippen LogP contribution in [0.4, 0.5) is 11.4 Å². The van der Waals surface area contributed by atoms with Crippen LogP contribution in [0.5, 0.6) is 5.75 Å². The number of allylic oxidation sites excluding steroid dienone is 2. The lowest BCUT2D eigenvalue weighted by atomic mass is 9.82. The molecule has 0 unspecified atom stereocenters. The van der Waals surface area contributed by atoms with Gasteiger partial charge in [-0.15, -0.1) is 0 Å². The fourth-order valence-corrected chi connectivity index (χ4v) is 4.08. The summed E-state index contributed by atoms with van der Waals surface area (Å²) < 4.78 is 5.40. The Kier molecular flexibility index (Phi) is 5.40. The van der Waals surface area contributed by atoms with Gasteiger partial charge in [0.05, 0.1) is 24.1 Å². The maximum atomic E-state index is 12.9. The van der Waals surface area contributed by atoms with Gasteiger partial charge in [0.15, 0.2) is 0 Å². The Balaban J connectivity index is 1.52. The third kappa shape index (κ3) is 3.73. The lowest BCUT2D eigenvalue weighted by Crippen LogP contribution is -2.31. The van der Waals surface area contributed by atoms with Crippen molar-refractivity contribution in [3.05, 3.63) is 65.7 Å². The van der Waals surface area contributed by atoms with Crippen LogP contribution in [-0.2, 0) is 9.59 Å². The molecule has 2 aromatic rings. The molecule has 2 atom stereocenters. The molecule has 1 saturated heterocycles. The number of benzene rings is 2. The van der Waals surface area contributed by atoms with Gasteiger partial charge in [-0.3, -0.25) is 19.3 Å². The molecule has 1 aliphatic heterocycles. The fourth-order valence-electron chi connectivity index (χ4n) is 4.08. The molecule has 0 aromatic heterocycles. The molecule has 0 spiro atoms. The van der Waals surface area contributed by atoms with E-state index in [0.29, 0.717) is 36.4 Å². The topological polar surface area (TPSA) is 75.7 Å². The summed E-state index contributed by atoms with van der Waals surface area (Å²) in [6.07, 6.45) is 3.25. The zero-order valence-corrected chi connectivity index (χ0v) is 17.1. The second-order valence-corrected chi connectivity index (χ2v) is 7.68. The van der Waals surface area contributed by atoms with Crippen LogP contribution in [0.15, 0.2) is 60.2 Å². The van der Waals surface area contributed by atoms with Crippen LogP contribution in [0.2, 0.25) is 0 Å². The first-order chi connectivity index (χ1) is 14.5. The van der Waals surface area contributed by atoms with E-state index in [4.69, 9.17) is 4.74 Å². The van der Waals surface area contributed by atoms with Crippen LogP contribution < -0.4 is 15.0 Å². The summed E-state index contributed by atoms with van der Waals surface area (Å²) in [5.41, 5.74) is 2.60. The number of carbonyl (C=O) groups excluding carboxylic acids is 3. The molecule has 0 saturated carbocycles. The van der Waals surface area contributed by atoms with Crippen molar-refractivity contribution >= 4 is 29.1 Å². The van der Waals surface area contributed by atoms with Gasteiger partial charge in [-0.25, -0.2) is 0 Å². The first-order valence-corrected chi connectivity index (χ1v) is 10.2. The van der Waals surface area contributed by atoms with Gasteiger partial charge in [0, 0.05) is 11.3 Å². The molecule has 3 amide bonds. The summed E-state index contributed by atoms with van der Waals surface area (Å²) in [7, 11) is 0. The standard InChI is InChI=1S/C24H24N2O4/c1-3-30-19-10-8-17(9-11-19)25-22(27)16-5-4-6-18(14-16)26-23(28)20-12-7-15(2)13-21(20)24(26)29/h4-11,14,20-21H,3,12-13H2,1-2H3,(H,25,27)/t20-,21-/m1/s1. The Morgan fingerprint density at radius 2 is 1.83 bits per heavy atom. The van der Waals surface area contributed by atoms with Crippen molar-refractivity contribution in [1.29, 1.82) is 0 Å². The molecule has 1 aliphatic carbocycles. The number of amides is 3. The van der Waals surface area contributed by atoms with Crippen molar-refractivity contribution < 1.29 is 19.1 Å². The number of hydrogen-bond donors (Lipinski definition) is 1. The Bertz CT molecular complexity index is 1030. The highest BCUT2D eigenvalue weighted by Crippen LogP contribution is 2.39. The van der Waals surface area contributed by atoms with Crippen molar-refractivity contribution in [2.45, 2.75) is 26.7 Å². The molecule has 154 valence electrons. The van der Waals surface area contributed by atoms with Gasteiger partial charge in [-0.1, -0.05) is 17.7 Å². The summed E-state index contributed by atoms with van der Waals surface area (Å²) in [6.45, 7) is 4.47. The molecule has 2 aliphatic rings. The van der Waals surface area contributed by atoms with Crippen molar-refractivity contribution in [2.75, 3.05) is 16.8 Å². The van der Waals surface area contributed by atoms with E-state index in [2.05, 4.69) is 5.32 Å². The van der Waals surface area contributed by atoms with Crippen LogP contribution in [-0.4, -0.2) is 24.3 Å². The number of rotatable bonds is 5. The predicted molar refractivity (Wildman–Crippen MR) is 114 cm³/mol. The highest BCUT2D eigenvalue weighted by atomic mass is 16.5. The van der Waals surface area contributed by atoms with Crippen LogP contribution in [0.25, 0.3) is 0 Å². The van der Waals surface area contributed by atoms with Gasteiger partial charge >= 0.3 is 0 Å². The van der Waals surface area contributed by atoms with Gasteiger partial charge in [0.2, 0.25) is 11.8 Å². The van der Waals surface area contributed by atoms with Crippen LogP contribution in [0.1, 0.15) is 37.0 Å². The first-order valence-electron chi connectivity index (χ1n) is 10.2. The van der Waals surface area contributed by atoms with Crippen molar-refractivity contribution in [2.24, 2.45) is 11.8 Å². The van der Waals surface area contributed by atoms with E-state index in [1.54, 1.807) is 48.5 Å². The number of imide groups is 1. The highest BCUT2D eigenvalue weighted by molar-refractivity contribution is 6.22. The molecule has 0 radical (unpaired) electrons. The van der Waals surface area contributed by atoms with Crippen LogP contribution in [0, 0.1) is 11.8 Å². The highest BCUT2D eigenvalue weighted by Gasteiger charge is 2.48. The minimum absolute atomic E-state index is 0.179. The average molecular weight is 404 g/mol. The van der Waals surface area contributed by atoms with Gasteiger partial charge in [0.1, 0.15) is 5.75 Å². The van der Waals surface area contributed by atoms with E-state index in [1.165, 1.54) is 4.90 Å². The zero-order chi connectivity index (χ0) is 21.3. The summed E-state index contributed by atoms with van der Waals surface area (Å²) in [5.74, 6) is -0.546. The Hall–Kier alpha value is -3.41. The van der Waals surface area contributed by atoms with E-state index in [-0.39, 0.29) is 29.6 Å². The number of nitrogens with zero attached hydrogens (tertiary/aromatic N) is 1. The van der Waals surface area contributed by atoms with Crippen molar-refractivity contribution in [1.82, 2.24) is 0 Å². The lowest BCUT2D eigenvalue weighted by Gasteiger charge is -2.18. The fraction of sp³-hybridized carbons (Fsp3) is 0.292. The number of ether oxygens (including phenoxy) is 1. The second-order valence-electron chi connectivity index (χ2n) is 7.68. The van der Waals surface area contributed by atoms with E-state index in [0.717, 1.165) is 11.3 Å². The largest absolute Gasteiger partial charge is 0.494 e. The molecule has 6 nitrogen and oxygen atoms in total. The molecule has 2 aromatic carbocycles. The first kappa shape index (κ1) is 19.9. The van der Waals surface area contributed by atoms with E-state index >= 15 is 0 Å². The monoisotopic (exact) mass is 404 g/mol. The Morgan fingerprint density at radius 3 is 2.57 bits per heavy atom. The van der Waals surface area contributed by atoms with Gasteiger partial charge in [0.25, 0.3) is 5.91 Å². The van der Waals surface area contributed by atoms with Crippen LogP contribution >= 0.6 is 0 Å². The number of carbonyl (C=O) groups is 3.